The van der Waals surface area contributed by atoms with Crippen molar-refractivity contribution in [2.45, 2.75) is 25.8 Å². The number of hydrogen-bond acceptors (Lipinski definition) is 4. The Morgan fingerprint density at radius 3 is 3.06 bits per heavy atom. The van der Waals surface area contributed by atoms with Crippen LogP contribution in [0.3, 0.4) is 0 Å². The van der Waals surface area contributed by atoms with Crippen LogP contribution in [-0.4, -0.2) is 10.1 Å². The molecule has 1 heterocycles. The van der Waals surface area contributed by atoms with E-state index in [1.54, 1.807) is 0 Å². The number of nitrogens with two attached hydrogens (primary N) is 1. The van der Waals surface area contributed by atoms with Crippen LogP contribution in [0, 0.1) is 6.92 Å². The first-order chi connectivity index (χ1) is 7.74. The zero-order valence-corrected chi connectivity index (χ0v) is 9.10. The Bertz CT molecular complexity index is 533. The summed E-state index contributed by atoms with van der Waals surface area (Å²) in [6.45, 7) is 1.82. The molecule has 1 unspecified atom stereocenters. The van der Waals surface area contributed by atoms with E-state index < -0.39 is 0 Å². The van der Waals surface area contributed by atoms with Crippen LogP contribution in [0.25, 0.3) is 11.5 Å². The Hall–Kier alpha value is -1.68. The highest BCUT2D eigenvalue weighted by Crippen LogP contribution is 2.32. The van der Waals surface area contributed by atoms with E-state index in [2.05, 4.69) is 22.3 Å². The molecule has 0 saturated carbocycles. The second kappa shape index (κ2) is 3.42. The van der Waals surface area contributed by atoms with Gasteiger partial charge in [-0.1, -0.05) is 11.2 Å². The van der Waals surface area contributed by atoms with Gasteiger partial charge in [0.2, 0.25) is 0 Å². The monoisotopic (exact) mass is 215 g/mol. The van der Waals surface area contributed by atoms with Gasteiger partial charge >= 0.3 is 0 Å². The molecule has 1 atom stereocenters. The quantitative estimate of drug-likeness (QED) is 0.790. The minimum atomic E-state index is 0.188. The third-order valence-electron chi connectivity index (χ3n) is 3.04. The third-order valence-corrected chi connectivity index (χ3v) is 3.04. The van der Waals surface area contributed by atoms with E-state index in [1.807, 2.05) is 13.0 Å². The summed E-state index contributed by atoms with van der Waals surface area (Å²) in [4.78, 5) is 4.22. The molecule has 0 radical (unpaired) electrons. The van der Waals surface area contributed by atoms with Gasteiger partial charge in [0.1, 0.15) is 0 Å². The molecule has 0 fully saturated rings. The van der Waals surface area contributed by atoms with E-state index in [4.69, 9.17) is 10.3 Å². The van der Waals surface area contributed by atoms with Crippen LogP contribution >= 0.6 is 0 Å². The molecule has 0 aliphatic heterocycles. The molecule has 3 rings (SSSR count). The predicted octanol–water partition coefficient (Wildman–Crippen LogP) is 1.99. The molecule has 0 amide bonds. The Morgan fingerprint density at radius 2 is 2.31 bits per heavy atom. The lowest BCUT2D eigenvalue weighted by molar-refractivity contribution is 0.425. The Kier molecular flexibility index (Phi) is 2.04. The molecule has 1 aliphatic carbocycles. The fourth-order valence-corrected chi connectivity index (χ4v) is 2.20. The van der Waals surface area contributed by atoms with E-state index in [9.17, 15) is 0 Å². The summed E-state index contributed by atoms with van der Waals surface area (Å²) in [5.41, 5.74) is 9.52. The van der Waals surface area contributed by atoms with Crippen LogP contribution in [0.15, 0.2) is 22.7 Å². The van der Waals surface area contributed by atoms with Gasteiger partial charge in [-0.15, -0.1) is 0 Å². The van der Waals surface area contributed by atoms with Crippen molar-refractivity contribution in [1.82, 2.24) is 10.1 Å². The standard InChI is InChI=1S/C12H13N3O/c1-7-14-12(16-15-7)9-2-4-10-8(6-9)3-5-11(10)13/h2,4,6,11H,3,5,13H2,1H3. The summed E-state index contributed by atoms with van der Waals surface area (Å²) in [6.07, 6.45) is 2.07. The molecule has 1 aromatic heterocycles. The smallest absolute Gasteiger partial charge is 0.257 e. The molecule has 4 heteroatoms. The molecule has 16 heavy (non-hydrogen) atoms. The molecular formula is C12H13N3O. The van der Waals surface area contributed by atoms with Gasteiger partial charge in [-0.3, -0.25) is 0 Å². The molecule has 0 bridgehead atoms. The number of nitrogens with zero attached hydrogens (tertiary/aromatic N) is 2. The van der Waals surface area contributed by atoms with E-state index in [1.165, 1.54) is 11.1 Å². The van der Waals surface area contributed by atoms with Crippen LogP contribution < -0.4 is 5.73 Å². The van der Waals surface area contributed by atoms with Crippen LogP contribution in [0.2, 0.25) is 0 Å². The Morgan fingerprint density at radius 1 is 1.44 bits per heavy atom. The summed E-state index contributed by atoms with van der Waals surface area (Å²) in [7, 11) is 0. The van der Waals surface area contributed by atoms with Gasteiger partial charge in [-0.05, 0) is 43.0 Å². The van der Waals surface area contributed by atoms with Gasteiger partial charge in [0.05, 0.1) is 0 Å². The lowest BCUT2D eigenvalue weighted by Gasteiger charge is -2.04. The average molecular weight is 215 g/mol. The fourth-order valence-electron chi connectivity index (χ4n) is 2.20. The van der Waals surface area contributed by atoms with Crippen molar-refractivity contribution in [3.05, 3.63) is 35.2 Å². The first kappa shape index (κ1) is 9.54. The normalized spacial score (nSPS) is 18.8. The highest BCUT2D eigenvalue weighted by Gasteiger charge is 2.20. The number of aryl methyl sites for hydroxylation is 2. The summed E-state index contributed by atoms with van der Waals surface area (Å²) in [6, 6.07) is 6.36. The number of fused-ring (bicyclic) bond motifs is 1. The zero-order chi connectivity index (χ0) is 11.1. The molecule has 4 nitrogen and oxygen atoms in total. The second-order valence-corrected chi connectivity index (χ2v) is 4.21. The topological polar surface area (TPSA) is 64.9 Å². The van der Waals surface area contributed by atoms with E-state index in [0.29, 0.717) is 11.7 Å². The zero-order valence-electron chi connectivity index (χ0n) is 9.10. The van der Waals surface area contributed by atoms with E-state index in [-0.39, 0.29) is 6.04 Å². The van der Waals surface area contributed by atoms with Crippen molar-refractivity contribution in [3.63, 3.8) is 0 Å². The molecule has 2 aromatic rings. The van der Waals surface area contributed by atoms with Crippen LogP contribution in [0.1, 0.15) is 29.4 Å². The van der Waals surface area contributed by atoms with Crippen molar-refractivity contribution in [1.29, 1.82) is 0 Å². The van der Waals surface area contributed by atoms with Crippen molar-refractivity contribution in [2.75, 3.05) is 0 Å². The number of aromatic nitrogens is 2. The van der Waals surface area contributed by atoms with Crippen molar-refractivity contribution in [3.8, 4) is 11.5 Å². The van der Waals surface area contributed by atoms with Crippen LogP contribution in [0.5, 0.6) is 0 Å². The second-order valence-electron chi connectivity index (χ2n) is 4.21. The summed E-state index contributed by atoms with van der Waals surface area (Å²) in [5, 5.41) is 3.79. The predicted molar refractivity (Wildman–Crippen MR) is 59.7 cm³/mol. The van der Waals surface area contributed by atoms with Gasteiger partial charge < -0.3 is 10.3 Å². The molecule has 1 aliphatic rings. The van der Waals surface area contributed by atoms with Gasteiger partial charge in [0.15, 0.2) is 5.82 Å². The summed E-state index contributed by atoms with van der Waals surface area (Å²) >= 11 is 0. The number of rotatable bonds is 1. The molecule has 0 saturated heterocycles. The lowest BCUT2D eigenvalue weighted by Crippen LogP contribution is -2.04. The van der Waals surface area contributed by atoms with Gasteiger partial charge in [-0.25, -0.2) is 0 Å². The van der Waals surface area contributed by atoms with Crippen molar-refractivity contribution < 1.29 is 4.52 Å². The maximum atomic E-state index is 5.99. The van der Waals surface area contributed by atoms with Crippen LogP contribution in [-0.2, 0) is 6.42 Å². The number of benzene rings is 1. The summed E-state index contributed by atoms with van der Waals surface area (Å²) in [5.74, 6) is 1.24. The van der Waals surface area contributed by atoms with Crippen molar-refractivity contribution in [2.24, 2.45) is 5.73 Å². The lowest BCUT2D eigenvalue weighted by atomic mass is 10.1. The van der Waals surface area contributed by atoms with Gasteiger partial charge in [-0.2, -0.15) is 4.98 Å². The third kappa shape index (κ3) is 1.42. The molecular weight excluding hydrogens is 202 g/mol. The Labute approximate surface area is 93.5 Å². The average Bonchev–Trinajstić information content (AvgIpc) is 2.86. The van der Waals surface area contributed by atoms with Gasteiger partial charge in [0, 0.05) is 11.6 Å². The highest BCUT2D eigenvalue weighted by molar-refractivity contribution is 5.57. The molecule has 0 spiro atoms. The van der Waals surface area contributed by atoms with Gasteiger partial charge in [0.25, 0.3) is 5.89 Å². The number of hydrogen-bond donors (Lipinski definition) is 1. The maximum absolute atomic E-state index is 5.99. The molecule has 82 valence electrons. The minimum Gasteiger partial charge on any atom is -0.334 e. The first-order valence-electron chi connectivity index (χ1n) is 5.43. The summed E-state index contributed by atoms with van der Waals surface area (Å²) < 4.78 is 5.14. The minimum absolute atomic E-state index is 0.188. The van der Waals surface area contributed by atoms with Crippen molar-refractivity contribution >= 4 is 0 Å². The fraction of sp³-hybridized carbons (Fsp3) is 0.333. The van der Waals surface area contributed by atoms with E-state index in [0.717, 1.165) is 18.4 Å². The SMILES string of the molecule is Cc1noc(-c2ccc3c(c2)CCC3N)n1. The first-order valence-corrected chi connectivity index (χ1v) is 5.43. The van der Waals surface area contributed by atoms with Crippen LogP contribution in [0.4, 0.5) is 0 Å². The maximum Gasteiger partial charge on any atom is 0.257 e. The highest BCUT2D eigenvalue weighted by atomic mass is 16.5. The molecule has 1 aromatic carbocycles. The Balaban J connectivity index is 2.05. The largest absolute Gasteiger partial charge is 0.334 e. The molecule has 2 N–H and O–H groups in total. The van der Waals surface area contributed by atoms with E-state index >= 15 is 0 Å².